The van der Waals surface area contributed by atoms with E-state index in [0.717, 1.165) is 12.8 Å². The first kappa shape index (κ1) is 4.32. The number of hydrogen-bond donors (Lipinski definition) is 0. The molecule has 0 spiro atoms. The maximum atomic E-state index is 7.74. The van der Waals surface area contributed by atoms with Crippen molar-refractivity contribution in [1.82, 2.24) is 0 Å². The molecule has 0 N–H and O–H groups in total. The topological polar surface area (TPSA) is 0 Å². The average Bonchev–Trinajstić information content (AvgIpc) is 2.16. The summed E-state index contributed by atoms with van der Waals surface area (Å²) in [6.45, 7) is 6.77. The fourth-order valence-corrected chi connectivity index (χ4v) is 2.18. The minimum Gasteiger partial charge on any atom is -0.0127 e. The molecule has 0 aliphatic heterocycles. The summed E-state index contributed by atoms with van der Waals surface area (Å²) in [7, 11) is -0.822. The van der Waals surface area contributed by atoms with Crippen LogP contribution in [-0.2, 0) is 0 Å². The van der Waals surface area contributed by atoms with Gasteiger partial charge in [-0.25, -0.2) is 0 Å². The van der Waals surface area contributed by atoms with E-state index in [-0.39, 0.29) is 5.64 Å². The quantitative estimate of drug-likeness (QED) is 0.462. The summed E-state index contributed by atoms with van der Waals surface area (Å²) in [6, 6.07) is 0. The van der Waals surface area contributed by atoms with Crippen molar-refractivity contribution < 1.29 is 1.37 Å². The molecule has 7 heavy (non-hydrogen) atoms. The summed E-state index contributed by atoms with van der Waals surface area (Å²) < 4.78 is 7.74. The van der Waals surface area contributed by atoms with Gasteiger partial charge in [0.15, 0.2) is 0 Å². The van der Waals surface area contributed by atoms with Gasteiger partial charge in [0.25, 0.3) is 0 Å². The van der Waals surface area contributed by atoms with Gasteiger partial charge in [-0.15, -0.1) is 0 Å². The average molecular weight is 118 g/mol. The molecule has 42 valence electrons. The highest BCUT2D eigenvalue weighted by Crippen LogP contribution is 2.62. The molecular weight excluding hydrogens is 103 g/mol. The van der Waals surface area contributed by atoms with Gasteiger partial charge in [0.1, 0.15) is 0 Å². The van der Waals surface area contributed by atoms with Gasteiger partial charge in [-0.05, 0) is 12.8 Å². The summed E-state index contributed by atoms with van der Waals surface area (Å²) in [5.74, 6) is 0. The van der Waals surface area contributed by atoms with Crippen molar-refractivity contribution in [3.8, 4) is 0 Å². The predicted molar refractivity (Wildman–Crippen MR) is 37.7 cm³/mol. The molecule has 1 fully saturated rings. The molecule has 0 bridgehead atoms. The molecule has 0 atom stereocenters. The van der Waals surface area contributed by atoms with Crippen molar-refractivity contribution in [2.45, 2.75) is 18.5 Å². The Labute approximate surface area is 48.0 Å². The zero-order chi connectivity index (χ0) is 6.41. The van der Waals surface area contributed by atoms with Gasteiger partial charge >= 0.3 is 0 Å². The van der Waals surface area contributed by atoms with Crippen LogP contribution in [0.2, 0.25) is 0 Å². The van der Waals surface area contributed by atoms with Gasteiger partial charge in [0.2, 0.25) is 0 Å². The minimum atomic E-state index is -0.822. The second-order valence-electron chi connectivity index (χ2n) is 3.08. The Morgan fingerprint density at radius 1 is 1.43 bits per heavy atom. The molecule has 1 saturated carbocycles. The lowest BCUT2D eigenvalue weighted by Gasteiger charge is -2.07. The van der Waals surface area contributed by atoms with Gasteiger partial charge in [0, 0.05) is 27.3 Å². The van der Waals surface area contributed by atoms with Crippen LogP contribution in [0, 0.1) is 0 Å². The molecule has 0 nitrogen and oxygen atoms in total. The van der Waals surface area contributed by atoms with E-state index >= 15 is 0 Å². The maximum absolute atomic E-state index is 7.74. The van der Waals surface area contributed by atoms with Crippen LogP contribution in [0.4, 0.5) is 0 Å². The second-order valence-corrected chi connectivity index (χ2v) is 7.74. The van der Waals surface area contributed by atoms with E-state index < -0.39 is 7.26 Å². The van der Waals surface area contributed by atoms with Crippen LogP contribution in [0.15, 0.2) is 0 Å². The van der Waals surface area contributed by atoms with E-state index in [9.17, 15) is 0 Å². The van der Waals surface area contributed by atoms with E-state index in [0.29, 0.717) is 0 Å². The van der Waals surface area contributed by atoms with Crippen LogP contribution in [0.25, 0.3) is 0 Å². The van der Waals surface area contributed by atoms with Crippen LogP contribution >= 0.6 is 7.26 Å². The Balaban J connectivity index is 2.58. The number of hydrogen-bond acceptors (Lipinski definition) is 0. The smallest absolute Gasteiger partial charge is 0.0127 e. The molecule has 0 amide bonds. The molecule has 1 aliphatic carbocycles. The van der Waals surface area contributed by atoms with Crippen LogP contribution in [0.3, 0.4) is 0 Å². The molecule has 0 aromatic rings. The van der Waals surface area contributed by atoms with Crippen LogP contribution < -0.4 is 0 Å². The zero-order valence-electron chi connectivity index (χ0n) is 6.36. The third kappa shape index (κ3) is 1.42. The largest absolute Gasteiger partial charge is 0.0745 e. The Kier molecular flexibility index (Phi) is 0.896. The summed E-state index contributed by atoms with van der Waals surface area (Å²) >= 11 is 0. The van der Waals surface area contributed by atoms with Crippen molar-refractivity contribution >= 4 is 7.26 Å². The van der Waals surface area contributed by atoms with Crippen molar-refractivity contribution in [2.24, 2.45) is 0 Å². The molecule has 1 rings (SSSR count). The molecule has 0 unspecified atom stereocenters. The first-order valence-electron chi connectivity index (χ1n) is 3.27. The third-order valence-electron chi connectivity index (χ3n) is 1.42. The highest BCUT2D eigenvalue weighted by molar-refractivity contribution is 7.74. The predicted octanol–water partition coefficient (Wildman–Crippen LogP) is 2.06. The fourth-order valence-electron chi connectivity index (χ4n) is 0.727. The molecule has 0 aromatic heterocycles. The summed E-state index contributed by atoms with van der Waals surface area (Å²) in [5.41, 5.74) is 0.0486. The van der Waals surface area contributed by atoms with E-state index in [1.54, 1.807) is 0 Å². The van der Waals surface area contributed by atoms with E-state index in [4.69, 9.17) is 1.37 Å². The van der Waals surface area contributed by atoms with Crippen molar-refractivity contribution in [3.05, 3.63) is 0 Å². The lowest BCUT2D eigenvalue weighted by Crippen LogP contribution is -1.89. The van der Waals surface area contributed by atoms with Crippen LogP contribution in [0.1, 0.15) is 14.2 Å². The maximum Gasteiger partial charge on any atom is 0.0745 e. The summed E-state index contributed by atoms with van der Waals surface area (Å²) in [5, 5.41) is 0. The van der Waals surface area contributed by atoms with Gasteiger partial charge in [-0.1, -0.05) is 0 Å². The standard InChI is InChI=1S/C6H14P/c1-7(2,3)6-4-5-6/h6H,4-5H2,1-3H3/q+1/i6D. The van der Waals surface area contributed by atoms with Crippen molar-refractivity contribution in [1.29, 1.82) is 0 Å². The number of rotatable bonds is 1. The first-order valence-corrected chi connectivity index (χ1v) is 5.90. The Hall–Kier alpha value is 0.430. The second kappa shape index (κ2) is 1.45. The highest BCUT2D eigenvalue weighted by atomic mass is 31.2. The Morgan fingerprint density at radius 2 is 1.86 bits per heavy atom. The lowest BCUT2D eigenvalue weighted by molar-refractivity contribution is 1.45. The van der Waals surface area contributed by atoms with Gasteiger partial charge < -0.3 is 0 Å². The molecular formula is C6H14P+. The van der Waals surface area contributed by atoms with E-state index in [1.807, 2.05) is 0 Å². The molecule has 0 heterocycles. The van der Waals surface area contributed by atoms with E-state index in [2.05, 4.69) is 20.0 Å². The van der Waals surface area contributed by atoms with Crippen molar-refractivity contribution in [3.63, 3.8) is 0 Å². The van der Waals surface area contributed by atoms with E-state index in [1.165, 1.54) is 0 Å². The summed E-state index contributed by atoms with van der Waals surface area (Å²) in [4.78, 5) is 0. The molecule has 1 heteroatoms. The molecule has 1 aliphatic rings. The van der Waals surface area contributed by atoms with Crippen LogP contribution in [0.5, 0.6) is 0 Å². The van der Waals surface area contributed by atoms with Crippen molar-refractivity contribution in [2.75, 3.05) is 20.0 Å². The van der Waals surface area contributed by atoms with Gasteiger partial charge in [-0.3, -0.25) is 0 Å². The Bertz CT molecular complexity index is 96.3. The lowest BCUT2D eigenvalue weighted by atomic mass is 11.0. The SMILES string of the molecule is [2H]C1([P+](C)(C)C)CC1. The monoisotopic (exact) mass is 118 g/mol. The highest BCUT2D eigenvalue weighted by Gasteiger charge is 2.40. The zero-order valence-corrected chi connectivity index (χ0v) is 6.26. The third-order valence-corrected chi connectivity index (χ3v) is 3.77. The first-order chi connectivity index (χ1) is 3.46. The molecule has 0 aromatic carbocycles. The minimum absolute atomic E-state index is 0.0486. The van der Waals surface area contributed by atoms with Gasteiger partial charge in [-0.2, -0.15) is 0 Å². The summed E-state index contributed by atoms with van der Waals surface area (Å²) in [6.07, 6.45) is 2.31. The Morgan fingerprint density at radius 3 is 1.86 bits per heavy atom. The molecule has 0 radical (unpaired) electrons. The normalized spacial score (nSPS) is 29.3. The van der Waals surface area contributed by atoms with Crippen LogP contribution in [-0.4, -0.2) is 25.6 Å². The van der Waals surface area contributed by atoms with Gasteiger partial charge in [0.05, 0.1) is 7.01 Å². The fraction of sp³-hybridized carbons (Fsp3) is 1.00. The molecule has 0 saturated heterocycles.